The Morgan fingerprint density at radius 3 is 2.16 bits per heavy atom. The number of hydrogen-bond donors (Lipinski definition) is 2. The molecule has 7 nitrogen and oxygen atoms in total. The lowest BCUT2D eigenvalue weighted by Gasteiger charge is -2.52. The van der Waals surface area contributed by atoms with Crippen molar-refractivity contribution < 1.29 is 18.0 Å². The van der Waals surface area contributed by atoms with Crippen molar-refractivity contribution in [3.8, 4) is 11.1 Å². The van der Waals surface area contributed by atoms with Crippen molar-refractivity contribution in [1.82, 2.24) is 9.62 Å². The molecule has 4 rings (SSSR count). The number of benzene rings is 2. The van der Waals surface area contributed by atoms with Gasteiger partial charge < -0.3 is 10.6 Å². The Labute approximate surface area is 228 Å². The van der Waals surface area contributed by atoms with E-state index in [0.717, 1.165) is 11.1 Å². The van der Waals surface area contributed by atoms with Crippen molar-refractivity contribution in [3.05, 3.63) is 83.6 Å². The number of thiophene rings is 1. The lowest BCUT2D eigenvalue weighted by Crippen LogP contribution is -2.64. The van der Waals surface area contributed by atoms with Crippen molar-refractivity contribution in [1.29, 1.82) is 0 Å². The molecule has 9 heteroatoms. The van der Waals surface area contributed by atoms with Crippen molar-refractivity contribution in [2.75, 3.05) is 18.4 Å². The summed E-state index contributed by atoms with van der Waals surface area (Å²) in [6, 6.07) is 17.7. The smallest absolute Gasteiger partial charge is 0.265 e. The van der Waals surface area contributed by atoms with Crippen LogP contribution in [0, 0.1) is 10.8 Å². The topological polar surface area (TPSA) is 95.6 Å². The summed E-state index contributed by atoms with van der Waals surface area (Å²) in [5.74, 6) is -0.524. The summed E-state index contributed by atoms with van der Waals surface area (Å²) in [4.78, 5) is 25.5. The number of nitrogens with one attached hydrogen (secondary N) is 2. The number of piperidine rings is 1. The molecule has 0 atom stereocenters. The van der Waals surface area contributed by atoms with Crippen molar-refractivity contribution in [3.63, 3.8) is 0 Å². The van der Waals surface area contributed by atoms with E-state index in [1.54, 1.807) is 12.1 Å². The maximum absolute atomic E-state index is 13.6. The number of anilines is 1. The van der Waals surface area contributed by atoms with Gasteiger partial charge in [0.15, 0.2) is 0 Å². The van der Waals surface area contributed by atoms with Gasteiger partial charge in [-0.05, 0) is 63.7 Å². The number of rotatable bonds is 7. The predicted octanol–water partition coefficient (Wildman–Crippen LogP) is 5.39. The molecule has 3 aromatic rings. The largest absolute Gasteiger partial charge is 0.349 e. The third-order valence-electron chi connectivity index (χ3n) is 6.88. The average Bonchev–Trinajstić information content (AvgIpc) is 3.37. The van der Waals surface area contributed by atoms with E-state index in [1.807, 2.05) is 69.5 Å². The van der Waals surface area contributed by atoms with Gasteiger partial charge in [-0.2, -0.15) is 4.31 Å². The molecular formula is C29H33N3O4S2. The molecule has 1 aliphatic rings. The number of carbonyl (C=O) groups is 2. The van der Waals surface area contributed by atoms with Crippen LogP contribution in [0.1, 0.15) is 37.4 Å². The van der Waals surface area contributed by atoms with Gasteiger partial charge in [-0.1, -0.05) is 64.6 Å². The van der Waals surface area contributed by atoms with E-state index in [2.05, 4.69) is 17.2 Å². The highest BCUT2D eigenvalue weighted by atomic mass is 32.2. The quantitative estimate of drug-likeness (QED) is 0.385. The fourth-order valence-electron chi connectivity index (χ4n) is 5.26. The second kappa shape index (κ2) is 10.5. The molecule has 0 radical (unpaired) electrons. The Balaban J connectivity index is 1.47. The van der Waals surface area contributed by atoms with Crippen LogP contribution in [0.3, 0.4) is 0 Å². The number of hydrogen-bond acceptors (Lipinski definition) is 5. The standard InChI is InChI=1S/C29H33N3O4S2/c1-6-25(33)31-27-28(2,3)18-32(19-29(27,4)5)38(35,36)23-14-12-22(13-15-23)30-26(34)24-16-21(17-37-24)20-10-8-7-9-11-20/h6-17,27H,1,18-19H2,2-5H3,(H,30,34)(H,31,33). The maximum Gasteiger partial charge on any atom is 0.265 e. The highest BCUT2D eigenvalue weighted by Gasteiger charge is 2.50. The Morgan fingerprint density at radius 1 is 0.974 bits per heavy atom. The molecule has 2 N–H and O–H groups in total. The van der Waals surface area contributed by atoms with Gasteiger partial charge in [-0.15, -0.1) is 11.3 Å². The molecule has 38 heavy (non-hydrogen) atoms. The zero-order valence-electron chi connectivity index (χ0n) is 22.0. The van der Waals surface area contributed by atoms with Gasteiger partial charge in [0, 0.05) is 24.8 Å². The summed E-state index contributed by atoms with van der Waals surface area (Å²) in [6.07, 6.45) is 1.23. The number of sulfonamides is 1. The first-order valence-electron chi connectivity index (χ1n) is 12.3. The molecule has 1 aliphatic heterocycles. The minimum Gasteiger partial charge on any atom is -0.349 e. The Hall–Kier alpha value is -3.27. The zero-order chi connectivity index (χ0) is 27.7. The third-order valence-corrected chi connectivity index (χ3v) is 9.62. The third kappa shape index (κ3) is 5.75. The molecule has 2 aromatic carbocycles. The van der Waals surface area contributed by atoms with E-state index in [4.69, 9.17) is 0 Å². The van der Waals surface area contributed by atoms with Crippen LogP contribution in [0.4, 0.5) is 5.69 Å². The fraction of sp³-hybridized carbons (Fsp3) is 0.310. The summed E-state index contributed by atoms with van der Waals surface area (Å²) in [7, 11) is -3.80. The van der Waals surface area contributed by atoms with Gasteiger partial charge >= 0.3 is 0 Å². The van der Waals surface area contributed by atoms with Crippen LogP contribution in [0.25, 0.3) is 11.1 Å². The second-order valence-corrected chi connectivity index (χ2v) is 13.8. The summed E-state index contributed by atoms with van der Waals surface area (Å²) < 4.78 is 28.6. The van der Waals surface area contributed by atoms with E-state index in [1.165, 1.54) is 33.9 Å². The summed E-state index contributed by atoms with van der Waals surface area (Å²) in [5.41, 5.74) is 1.49. The molecule has 0 aliphatic carbocycles. The van der Waals surface area contributed by atoms with Gasteiger partial charge in [0.1, 0.15) is 0 Å². The van der Waals surface area contributed by atoms with E-state index < -0.39 is 20.9 Å². The molecule has 0 spiro atoms. The normalized spacial score (nSPS) is 17.5. The second-order valence-electron chi connectivity index (χ2n) is 10.9. The molecule has 1 fully saturated rings. The maximum atomic E-state index is 13.6. The molecule has 2 heterocycles. The first-order valence-corrected chi connectivity index (χ1v) is 14.6. The van der Waals surface area contributed by atoms with Crippen molar-refractivity contribution in [2.24, 2.45) is 10.8 Å². The van der Waals surface area contributed by atoms with E-state index >= 15 is 0 Å². The van der Waals surface area contributed by atoms with Gasteiger partial charge in [0.25, 0.3) is 5.91 Å². The van der Waals surface area contributed by atoms with Crippen LogP contribution in [-0.4, -0.2) is 43.7 Å². The van der Waals surface area contributed by atoms with Gasteiger partial charge in [0.05, 0.1) is 9.77 Å². The molecule has 1 saturated heterocycles. The monoisotopic (exact) mass is 551 g/mol. The molecule has 0 bridgehead atoms. The minimum atomic E-state index is -3.80. The highest BCUT2D eigenvalue weighted by molar-refractivity contribution is 7.89. The summed E-state index contributed by atoms with van der Waals surface area (Å²) >= 11 is 1.36. The van der Waals surface area contributed by atoms with Crippen LogP contribution in [0.5, 0.6) is 0 Å². The molecule has 2 amide bonds. The Bertz CT molecular complexity index is 1420. The van der Waals surface area contributed by atoms with Crippen molar-refractivity contribution in [2.45, 2.75) is 38.6 Å². The predicted molar refractivity (Wildman–Crippen MR) is 153 cm³/mol. The first kappa shape index (κ1) is 27.8. The molecule has 0 unspecified atom stereocenters. The number of carbonyl (C=O) groups excluding carboxylic acids is 2. The first-order chi connectivity index (χ1) is 17.8. The van der Waals surface area contributed by atoms with Crippen LogP contribution in [-0.2, 0) is 14.8 Å². The number of amides is 2. The van der Waals surface area contributed by atoms with Crippen molar-refractivity contribution >= 4 is 38.9 Å². The molecule has 0 saturated carbocycles. The van der Waals surface area contributed by atoms with Gasteiger partial charge in [-0.25, -0.2) is 8.42 Å². The molecule has 1 aromatic heterocycles. The Kier molecular flexibility index (Phi) is 7.65. The minimum absolute atomic E-state index is 0.151. The van der Waals surface area contributed by atoms with E-state index in [0.29, 0.717) is 10.6 Å². The lowest BCUT2D eigenvalue weighted by molar-refractivity contribution is -0.120. The Morgan fingerprint density at radius 2 is 1.58 bits per heavy atom. The average molecular weight is 552 g/mol. The summed E-state index contributed by atoms with van der Waals surface area (Å²) in [5, 5.41) is 7.78. The van der Waals surface area contributed by atoms with E-state index in [-0.39, 0.29) is 35.8 Å². The lowest BCUT2D eigenvalue weighted by atomic mass is 9.67. The van der Waals surface area contributed by atoms with E-state index in [9.17, 15) is 18.0 Å². The SMILES string of the molecule is C=CC(=O)NC1C(C)(C)CN(S(=O)(=O)c2ccc(NC(=O)c3cc(-c4ccccc4)cs3)cc2)CC1(C)C. The van der Waals surface area contributed by atoms with Crippen LogP contribution in [0.15, 0.2) is 83.6 Å². The molecule has 200 valence electrons. The fourth-order valence-corrected chi connectivity index (χ4v) is 7.85. The molecular weight excluding hydrogens is 518 g/mol. The van der Waals surface area contributed by atoms with Crippen LogP contribution < -0.4 is 10.6 Å². The van der Waals surface area contributed by atoms with Crippen LogP contribution >= 0.6 is 11.3 Å². The van der Waals surface area contributed by atoms with Gasteiger partial charge in [0.2, 0.25) is 15.9 Å². The summed E-state index contributed by atoms with van der Waals surface area (Å²) in [6.45, 7) is 11.9. The highest BCUT2D eigenvalue weighted by Crippen LogP contribution is 2.42. The van der Waals surface area contributed by atoms with Gasteiger partial charge in [-0.3, -0.25) is 9.59 Å². The zero-order valence-corrected chi connectivity index (χ0v) is 23.7. The van der Waals surface area contributed by atoms with Crippen LogP contribution in [0.2, 0.25) is 0 Å². The number of nitrogens with zero attached hydrogens (tertiary/aromatic N) is 1.